The molecular weight excluding hydrogens is 685 g/mol. The van der Waals surface area contributed by atoms with Crippen molar-refractivity contribution in [2.75, 3.05) is 0 Å². The van der Waals surface area contributed by atoms with Gasteiger partial charge in [-0.25, -0.2) is 0 Å². The first-order valence-corrected chi connectivity index (χ1v) is 28.4. The van der Waals surface area contributed by atoms with Gasteiger partial charge in [0.2, 0.25) is 0 Å². The molecule has 2 aromatic rings. The van der Waals surface area contributed by atoms with E-state index >= 15 is 0 Å². The Hall–Kier alpha value is 1.14. The molecule has 0 bridgehead atoms. The van der Waals surface area contributed by atoms with Gasteiger partial charge in [-0.05, 0) is 0 Å². The van der Waals surface area contributed by atoms with E-state index in [9.17, 15) is 0 Å². The Balaban J connectivity index is 2.03. The normalized spacial score (nSPS) is 21.8. The van der Waals surface area contributed by atoms with Crippen molar-refractivity contribution in [1.82, 2.24) is 0 Å². The van der Waals surface area contributed by atoms with Crippen LogP contribution < -0.4 is 0 Å². The Kier molecular flexibility index (Phi) is 6.57. The van der Waals surface area contributed by atoms with E-state index in [0.717, 1.165) is 20.1 Å². The molecule has 0 aliphatic heterocycles. The molecule has 2 aliphatic rings. The van der Waals surface area contributed by atoms with Gasteiger partial charge in [0, 0.05) is 0 Å². The Bertz CT molecular complexity index is 1070. The minimum absolute atomic E-state index is 0.0310. The maximum atomic E-state index is 8.04. The van der Waals surface area contributed by atoms with E-state index in [-0.39, 0.29) is 7.25 Å². The van der Waals surface area contributed by atoms with Crippen molar-refractivity contribution in [2.45, 2.75) is 34.2 Å². The first-order chi connectivity index (χ1) is 13.9. The summed E-state index contributed by atoms with van der Waals surface area (Å²) in [6.45, 7) is 8.98. The predicted octanol–water partition coefficient (Wildman–Crippen LogP) is 10.1. The number of allylic oxidation sites excluding steroid dienone is 2. The molecule has 0 radical (unpaired) electrons. The molecule has 2 atom stereocenters. The molecule has 0 N–H and O–H groups in total. The molecular formula is C22H21Br2Cl4SiZr. The van der Waals surface area contributed by atoms with Crippen LogP contribution in [0.2, 0.25) is 23.1 Å². The van der Waals surface area contributed by atoms with Crippen LogP contribution in [0, 0.1) is 0 Å². The fourth-order valence-corrected chi connectivity index (χ4v) is 40.2. The molecule has 159 valence electrons. The molecule has 30 heavy (non-hydrogen) atoms. The second-order valence-electron chi connectivity index (χ2n) is 8.80. The average Bonchev–Trinajstić information content (AvgIpc) is 3.12. The van der Waals surface area contributed by atoms with Crippen LogP contribution in [0.5, 0.6) is 0 Å². The van der Waals surface area contributed by atoms with Crippen LogP contribution in [-0.4, -0.2) is 5.92 Å². The predicted molar refractivity (Wildman–Crippen MR) is 142 cm³/mol. The first-order valence-electron chi connectivity index (χ1n) is 9.77. The third-order valence-corrected chi connectivity index (χ3v) is 60.7. The summed E-state index contributed by atoms with van der Waals surface area (Å²) in [5.74, 6) is -1.54. The number of halogens is 6. The summed E-state index contributed by atoms with van der Waals surface area (Å²) in [7, 11) is 16.1. The number of rotatable bonds is 3. The van der Waals surface area contributed by atoms with E-state index in [4.69, 9.17) is 40.2 Å². The minimum atomic E-state index is -4.59. The molecule has 0 heterocycles. The Morgan fingerprint density at radius 3 is 1.47 bits per heavy atom. The van der Waals surface area contributed by atoms with Crippen LogP contribution in [0.3, 0.4) is 0 Å². The Morgan fingerprint density at radius 2 is 1.13 bits per heavy atom. The molecule has 4 rings (SSSR count). The standard InChI is InChI=1S/2C10H7BrCl.C2H7Si.2ClH.Zr/c2*1-6-2-7-4-8(12)5-10(11)9(7)3-6;1-3-2;;;/h2*2-5H,1H3;3H,1-2H3;2*1H;/q;;;;;+2/p-2. The molecule has 0 aromatic heterocycles. The van der Waals surface area contributed by atoms with Gasteiger partial charge in [0.05, 0.1) is 0 Å². The van der Waals surface area contributed by atoms with Crippen molar-refractivity contribution in [3.8, 4) is 0 Å². The zero-order valence-corrected chi connectivity index (χ0v) is 26.8. The summed E-state index contributed by atoms with van der Waals surface area (Å²) in [5, 5.41) is 1.41. The number of hydrogen-bond acceptors (Lipinski definition) is 0. The molecule has 0 amide bonds. The van der Waals surface area contributed by atoms with Crippen molar-refractivity contribution in [3.05, 3.63) is 76.7 Å². The summed E-state index contributed by atoms with van der Waals surface area (Å²) in [5.41, 5.74) is 7.15. The fraction of sp³-hybridized carbons (Fsp3) is 0.273. The zero-order chi connectivity index (χ0) is 22.2. The van der Waals surface area contributed by atoms with E-state index in [1.165, 1.54) is 22.3 Å². The molecule has 0 saturated carbocycles. The zero-order valence-electron chi connectivity index (χ0n) is 17.0. The SMILES string of the molecule is CC1=Cc2c(Br)cc(Cl)cc2[CH]1[Zr]([Cl])([Cl])([CH]1C(C)=Cc2c(Br)cc(Cl)cc21)[SiH](C)C. The Labute approximate surface area is 214 Å². The van der Waals surface area contributed by atoms with E-state index in [1.54, 1.807) is 0 Å². The first kappa shape index (κ1) is 24.3. The summed E-state index contributed by atoms with van der Waals surface area (Å²) < 4.78 is 2.05. The van der Waals surface area contributed by atoms with E-state index in [2.05, 4.69) is 83.1 Å². The summed E-state index contributed by atoms with van der Waals surface area (Å²) >= 11 is 15.8. The van der Waals surface area contributed by atoms with Gasteiger partial charge in [0.15, 0.2) is 0 Å². The van der Waals surface area contributed by atoms with E-state index < -0.39 is 21.5 Å². The van der Waals surface area contributed by atoms with Crippen LogP contribution in [-0.2, 0) is 15.6 Å². The fourth-order valence-electron chi connectivity index (χ4n) is 5.40. The molecule has 0 saturated heterocycles. The van der Waals surface area contributed by atoms with Crippen molar-refractivity contribution in [1.29, 1.82) is 0 Å². The second-order valence-corrected chi connectivity index (χ2v) is 53.9. The van der Waals surface area contributed by atoms with Gasteiger partial charge in [0.1, 0.15) is 0 Å². The van der Waals surface area contributed by atoms with Crippen LogP contribution in [0.1, 0.15) is 43.4 Å². The molecule has 0 nitrogen and oxygen atoms in total. The van der Waals surface area contributed by atoms with E-state index in [0.29, 0.717) is 10.0 Å². The summed E-state index contributed by atoms with van der Waals surface area (Å²) in [4.78, 5) is 0. The third kappa shape index (κ3) is 3.50. The monoisotopic (exact) mass is 701 g/mol. The molecule has 0 spiro atoms. The molecule has 2 aliphatic carbocycles. The van der Waals surface area contributed by atoms with Crippen molar-refractivity contribution in [3.63, 3.8) is 0 Å². The average molecular weight is 706 g/mol. The van der Waals surface area contributed by atoms with Crippen molar-refractivity contribution < 1.29 is 15.6 Å². The van der Waals surface area contributed by atoms with Crippen molar-refractivity contribution >= 4 is 90.2 Å². The number of benzene rings is 2. The number of fused-ring (bicyclic) bond motifs is 2. The van der Waals surface area contributed by atoms with Gasteiger partial charge < -0.3 is 0 Å². The second kappa shape index (κ2) is 8.12. The topological polar surface area (TPSA) is 0 Å². The molecule has 0 fully saturated rings. The molecule has 8 heteroatoms. The van der Waals surface area contributed by atoms with Gasteiger partial charge in [-0.15, -0.1) is 0 Å². The molecule has 2 aromatic carbocycles. The quantitative estimate of drug-likeness (QED) is 0.279. The van der Waals surface area contributed by atoms with Crippen LogP contribution >= 0.6 is 72.1 Å². The summed E-state index contributed by atoms with van der Waals surface area (Å²) in [6.07, 6.45) is 4.47. The van der Waals surface area contributed by atoms with Gasteiger partial charge in [-0.2, -0.15) is 0 Å². The molecule has 2 unspecified atom stereocenters. The van der Waals surface area contributed by atoms with Crippen LogP contribution in [0.4, 0.5) is 0 Å². The van der Waals surface area contributed by atoms with Gasteiger partial charge in [-0.1, -0.05) is 0 Å². The number of hydrogen-bond donors (Lipinski definition) is 0. The maximum absolute atomic E-state index is 8.04. The van der Waals surface area contributed by atoms with Crippen LogP contribution in [0.15, 0.2) is 44.4 Å². The Morgan fingerprint density at radius 1 is 0.767 bits per heavy atom. The van der Waals surface area contributed by atoms with Crippen molar-refractivity contribution in [2.24, 2.45) is 0 Å². The van der Waals surface area contributed by atoms with Gasteiger partial charge in [0.25, 0.3) is 0 Å². The van der Waals surface area contributed by atoms with Crippen LogP contribution in [0.25, 0.3) is 12.2 Å². The third-order valence-electron chi connectivity index (χ3n) is 6.74. The van der Waals surface area contributed by atoms with Gasteiger partial charge >= 0.3 is 217 Å². The summed E-state index contributed by atoms with van der Waals surface area (Å²) in [6, 6.07) is 8.02. The van der Waals surface area contributed by atoms with E-state index in [1.807, 2.05) is 12.1 Å². The van der Waals surface area contributed by atoms with Gasteiger partial charge in [-0.3, -0.25) is 0 Å².